The van der Waals surface area contributed by atoms with E-state index in [9.17, 15) is 0 Å². The maximum absolute atomic E-state index is 5.77. The fourth-order valence-corrected chi connectivity index (χ4v) is 3.46. The maximum atomic E-state index is 5.77. The van der Waals surface area contributed by atoms with E-state index in [1.165, 1.54) is 35.1 Å². The average molecular weight is 261 g/mol. The molecule has 0 saturated carbocycles. The normalized spacial score (nSPS) is 22.5. The molecule has 2 rings (SSSR count). The molecule has 3 unspecified atom stereocenters. The fourth-order valence-electron chi connectivity index (χ4n) is 3.46. The highest BCUT2D eigenvalue weighted by Crippen LogP contribution is 2.25. The van der Waals surface area contributed by atoms with Crippen molar-refractivity contribution < 1.29 is 4.74 Å². The van der Waals surface area contributed by atoms with Crippen LogP contribution in [0.3, 0.4) is 0 Å². The van der Waals surface area contributed by atoms with Crippen LogP contribution < -0.4 is 5.32 Å². The molecule has 0 aliphatic carbocycles. The van der Waals surface area contributed by atoms with Gasteiger partial charge >= 0.3 is 0 Å². The molecule has 3 atom stereocenters. The van der Waals surface area contributed by atoms with E-state index in [0.29, 0.717) is 18.2 Å². The zero-order valence-electron chi connectivity index (χ0n) is 12.9. The molecular weight excluding hydrogens is 234 g/mol. The summed E-state index contributed by atoms with van der Waals surface area (Å²) < 4.78 is 5.77. The molecule has 1 fully saturated rings. The lowest BCUT2D eigenvalue weighted by Gasteiger charge is -2.27. The summed E-state index contributed by atoms with van der Waals surface area (Å²) in [5.41, 5.74) is 5.56. The van der Waals surface area contributed by atoms with Crippen LogP contribution in [-0.2, 0) is 4.74 Å². The molecule has 0 bridgehead atoms. The Hall–Kier alpha value is -0.860. The lowest BCUT2D eigenvalue weighted by Crippen LogP contribution is -2.38. The van der Waals surface area contributed by atoms with Crippen molar-refractivity contribution in [1.29, 1.82) is 0 Å². The van der Waals surface area contributed by atoms with Gasteiger partial charge in [-0.3, -0.25) is 0 Å². The lowest BCUT2D eigenvalue weighted by atomic mass is 9.94. The van der Waals surface area contributed by atoms with Crippen LogP contribution >= 0.6 is 0 Å². The second-order valence-electron chi connectivity index (χ2n) is 6.04. The van der Waals surface area contributed by atoms with Crippen LogP contribution in [0.15, 0.2) is 12.1 Å². The summed E-state index contributed by atoms with van der Waals surface area (Å²) in [4.78, 5) is 0. The molecule has 19 heavy (non-hydrogen) atoms. The number of benzene rings is 1. The third-order valence-corrected chi connectivity index (χ3v) is 4.21. The van der Waals surface area contributed by atoms with Gasteiger partial charge in [-0.05, 0) is 64.2 Å². The predicted molar refractivity (Wildman–Crippen MR) is 80.6 cm³/mol. The van der Waals surface area contributed by atoms with Gasteiger partial charge in [-0.15, -0.1) is 0 Å². The molecule has 0 amide bonds. The van der Waals surface area contributed by atoms with Crippen molar-refractivity contribution in [2.24, 2.45) is 0 Å². The molecule has 1 aromatic rings. The van der Waals surface area contributed by atoms with Crippen LogP contribution in [0, 0.1) is 20.8 Å². The van der Waals surface area contributed by atoms with Crippen molar-refractivity contribution in [2.45, 2.75) is 65.6 Å². The largest absolute Gasteiger partial charge is 0.377 e. The average Bonchev–Trinajstić information content (AvgIpc) is 2.80. The van der Waals surface area contributed by atoms with Crippen LogP contribution in [0.4, 0.5) is 0 Å². The SMILES string of the molecule is Cc1cc(C)c(C(C)NC(C)C2CCCO2)c(C)c1. The smallest absolute Gasteiger partial charge is 0.0726 e. The Balaban J connectivity index is 2.09. The van der Waals surface area contributed by atoms with Gasteiger partial charge < -0.3 is 10.1 Å². The first kappa shape index (κ1) is 14.5. The van der Waals surface area contributed by atoms with E-state index in [4.69, 9.17) is 4.74 Å². The highest BCUT2D eigenvalue weighted by atomic mass is 16.5. The van der Waals surface area contributed by atoms with E-state index in [0.717, 1.165) is 6.61 Å². The highest BCUT2D eigenvalue weighted by Gasteiger charge is 2.24. The van der Waals surface area contributed by atoms with Crippen molar-refractivity contribution in [2.75, 3.05) is 6.61 Å². The molecule has 1 aliphatic rings. The van der Waals surface area contributed by atoms with Gasteiger partial charge in [0.05, 0.1) is 6.10 Å². The molecule has 1 saturated heterocycles. The van der Waals surface area contributed by atoms with E-state index < -0.39 is 0 Å². The summed E-state index contributed by atoms with van der Waals surface area (Å²) in [6, 6.07) is 5.34. The molecule has 2 heteroatoms. The van der Waals surface area contributed by atoms with Crippen molar-refractivity contribution >= 4 is 0 Å². The quantitative estimate of drug-likeness (QED) is 0.889. The van der Waals surface area contributed by atoms with E-state index in [-0.39, 0.29) is 0 Å². The number of nitrogens with one attached hydrogen (secondary N) is 1. The maximum Gasteiger partial charge on any atom is 0.0726 e. The molecular formula is C17H27NO. The van der Waals surface area contributed by atoms with Crippen LogP contribution in [0.25, 0.3) is 0 Å². The molecule has 1 aromatic carbocycles. The molecule has 0 radical (unpaired) electrons. The second-order valence-corrected chi connectivity index (χ2v) is 6.04. The third kappa shape index (κ3) is 3.37. The van der Waals surface area contributed by atoms with E-state index >= 15 is 0 Å². The minimum atomic E-state index is 0.375. The summed E-state index contributed by atoms with van der Waals surface area (Å²) in [7, 11) is 0. The molecule has 0 spiro atoms. The van der Waals surface area contributed by atoms with Gasteiger partial charge in [0.25, 0.3) is 0 Å². The standard InChI is InChI=1S/C17H27NO/c1-11-9-12(2)17(13(3)10-11)15(5)18-14(4)16-7-6-8-19-16/h9-10,14-16,18H,6-8H2,1-5H3. The lowest BCUT2D eigenvalue weighted by molar-refractivity contribution is 0.0803. The Morgan fingerprint density at radius 2 is 1.79 bits per heavy atom. The number of hydrogen-bond acceptors (Lipinski definition) is 2. The third-order valence-electron chi connectivity index (χ3n) is 4.21. The Labute approximate surface area is 117 Å². The van der Waals surface area contributed by atoms with Crippen molar-refractivity contribution in [3.63, 3.8) is 0 Å². The molecule has 1 aliphatic heterocycles. The Kier molecular flexibility index (Phi) is 4.64. The van der Waals surface area contributed by atoms with Crippen LogP contribution in [0.2, 0.25) is 0 Å². The highest BCUT2D eigenvalue weighted by molar-refractivity contribution is 5.39. The van der Waals surface area contributed by atoms with Crippen molar-refractivity contribution in [3.8, 4) is 0 Å². The number of aryl methyl sites for hydroxylation is 3. The van der Waals surface area contributed by atoms with E-state index in [2.05, 4.69) is 52.1 Å². The van der Waals surface area contributed by atoms with E-state index in [1.807, 2.05) is 0 Å². The summed E-state index contributed by atoms with van der Waals surface area (Å²) in [5.74, 6) is 0. The van der Waals surface area contributed by atoms with Gasteiger partial charge in [0, 0.05) is 18.7 Å². The zero-order valence-corrected chi connectivity index (χ0v) is 12.9. The second kappa shape index (κ2) is 6.06. The van der Waals surface area contributed by atoms with Gasteiger partial charge in [0.1, 0.15) is 0 Å². The predicted octanol–water partition coefficient (Wildman–Crippen LogP) is 3.83. The van der Waals surface area contributed by atoms with Gasteiger partial charge in [-0.25, -0.2) is 0 Å². The number of rotatable bonds is 4. The Morgan fingerprint density at radius 3 is 2.32 bits per heavy atom. The number of hydrogen-bond donors (Lipinski definition) is 1. The first-order valence-electron chi connectivity index (χ1n) is 7.44. The Morgan fingerprint density at radius 1 is 1.16 bits per heavy atom. The van der Waals surface area contributed by atoms with Gasteiger partial charge in [-0.2, -0.15) is 0 Å². The summed E-state index contributed by atoms with van der Waals surface area (Å²) in [6.07, 6.45) is 2.77. The van der Waals surface area contributed by atoms with Crippen molar-refractivity contribution in [1.82, 2.24) is 5.32 Å². The topological polar surface area (TPSA) is 21.3 Å². The van der Waals surface area contributed by atoms with Gasteiger partial charge in [0.2, 0.25) is 0 Å². The molecule has 1 N–H and O–H groups in total. The first-order chi connectivity index (χ1) is 8.99. The molecule has 2 nitrogen and oxygen atoms in total. The van der Waals surface area contributed by atoms with Gasteiger partial charge in [-0.1, -0.05) is 17.7 Å². The summed E-state index contributed by atoms with van der Waals surface area (Å²) in [5, 5.41) is 3.71. The van der Waals surface area contributed by atoms with Crippen LogP contribution in [0.1, 0.15) is 55.0 Å². The van der Waals surface area contributed by atoms with E-state index in [1.54, 1.807) is 0 Å². The number of ether oxygens (including phenoxy) is 1. The fraction of sp³-hybridized carbons (Fsp3) is 0.647. The summed E-state index contributed by atoms with van der Waals surface area (Å²) in [6.45, 7) is 12.0. The minimum Gasteiger partial charge on any atom is -0.377 e. The molecule has 1 heterocycles. The van der Waals surface area contributed by atoms with Crippen molar-refractivity contribution in [3.05, 3.63) is 34.4 Å². The zero-order chi connectivity index (χ0) is 14.0. The first-order valence-corrected chi connectivity index (χ1v) is 7.44. The monoisotopic (exact) mass is 261 g/mol. The molecule has 0 aromatic heterocycles. The minimum absolute atomic E-state index is 0.375. The summed E-state index contributed by atoms with van der Waals surface area (Å²) >= 11 is 0. The molecule has 106 valence electrons. The van der Waals surface area contributed by atoms with Gasteiger partial charge in [0.15, 0.2) is 0 Å². The van der Waals surface area contributed by atoms with Crippen LogP contribution in [0.5, 0.6) is 0 Å². The Bertz CT molecular complexity index is 412. The van der Waals surface area contributed by atoms with Crippen LogP contribution in [-0.4, -0.2) is 18.8 Å².